The van der Waals surface area contributed by atoms with Gasteiger partial charge in [0.2, 0.25) is 5.91 Å². The first-order chi connectivity index (χ1) is 16.4. The van der Waals surface area contributed by atoms with Crippen LogP contribution in [0.5, 0.6) is 0 Å². The molecule has 1 atom stereocenters. The molecule has 1 aliphatic rings. The van der Waals surface area contributed by atoms with Crippen molar-refractivity contribution in [3.05, 3.63) is 65.5 Å². The van der Waals surface area contributed by atoms with Crippen LogP contribution in [-0.2, 0) is 16.1 Å². The number of carbonyl (C=O) groups excluding carboxylic acids is 1. The summed E-state index contributed by atoms with van der Waals surface area (Å²) in [4.78, 5) is 17.4. The lowest BCUT2D eigenvalue weighted by molar-refractivity contribution is -0.130. The van der Waals surface area contributed by atoms with Crippen molar-refractivity contribution in [1.29, 1.82) is 0 Å². The predicted molar refractivity (Wildman–Crippen MR) is 137 cm³/mol. The fraction of sp³-hybridized carbons (Fsp3) is 0.423. The first kappa shape index (κ1) is 24.3. The van der Waals surface area contributed by atoms with E-state index in [9.17, 15) is 4.79 Å². The Labute approximate surface area is 206 Å². The number of thioether (sulfide) groups is 1. The van der Waals surface area contributed by atoms with Crippen LogP contribution in [0.3, 0.4) is 0 Å². The minimum absolute atomic E-state index is 0.0766. The van der Waals surface area contributed by atoms with Crippen LogP contribution in [0, 0.1) is 13.8 Å². The zero-order valence-electron chi connectivity index (χ0n) is 20.4. The van der Waals surface area contributed by atoms with Gasteiger partial charge in [0.05, 0.1) is 17.5 Å². The van der Waals surface area contributed by atoms with Crippen molar-refractivity contribution in [2.24, 2.45) is 0 Å². The molecule has 4 rings (SSSR count). The molecule has 1 aromatic heterocycles. The molecular weight excluding hydrogens is 446 g/mol. The number of ether oxygens (including phenoxy) is 1. The van der Waals surface area contributed by atoms with E-state index in [1.807, 2.05) is 23.6 Å². The van der Waals surface area contributed by atoms with Crippen molar-refractivity contribution in [3.63, 3.8) is 0 Å². The molecule has 2 heterocycles. The maximum Gasteiger partial charge on any atom is 0.233 e. The predicted octanol–water partition coefficient (Wildman–Crippen LogP) is 4.25. The van der Waals surface area contributed by atoms with Gasteiger partial charge in [0.15, 0.2) is 5.16 Å². The van der Waals surface area contributed by atoms with Crippen LogP contribution in [0.15, 0.2) is 53.9 Å². The molecule has 0 N–H and O–H groups in total. The molecule has 1 saturated heterocycles. The largest absolute Gasteiger partial charge is 0.378 e. The van der Waals surface area contributed by atoms with E-state index in [-0.39, 0.29) is 12.0 Å². The van der Waals surface area contributed by atoms with Gasteiger partial charge in [0, 0.05) is 39.5 Å². The van der Waals surface area contributed by atoms with Gasteiger partial charge < -0.3 is 14.5 Å². The summed E-state index contributed by atoms with van der Waals surface area (Å²) >= 11 is 1.43. The summed E-state index contributed by atoms with van der Waals surface area (Å²) < 4.78 is 7.80. The Hall–Kier alpha value is -2.84. The second kappa shape index (κ2) is 11.1. The molecule has 0 bridgehead atoms. The van der Waals surface area contributed by atoms with Crippen molar-refractivity contribution in [1.82, 2.24) is 19.7 Å². The van der Waals surface area contributed by atoms with Crippen molar-refractivity contribution < 1.29 is 9.53 Å². The maximum absolute atomic E-state index is 13.4. The van der Waals surface area contributed by atoms with Crippen molar-refractivity contribution in [2.75, 3.05) is 37.9 Å². The van der Waals surface area contributed by atoms with Gasteiger partial charge >= 0.3 is 0 Å². The normalized spacial score (nSPS) is 15.5. The summed E-state index contributed by atoms with van der Waals surface area (Å²) in [5.74, 6) is 0.374. The average molecular weight is 480 g/mol. The quantitative estimate of drug-likeness (QED) is 0.428. The Balaban J connectivity index is 1.46. The SMILES string of the molecule is Cc1ccc(C)c(-n2cnnc2SCC(=O)N(Cc2ccc(N(C)C)cc2)C[C@@H]2CCCO2)c1. The lowest BCUT2D eigenvalue weighted by atomic mass is 10.1. The smallest absolute Gasteiger partial charge is 0.233 e. The van der Waals surface area contributed by atoms with Crippen molar-refractivity contribution in [3.8, 4) is 5.69 Å². The van der Waals surface area contributed by atoms with Gasteiger partial charge in [-0.25, -0.2) is 0 Å². The fourth-order valence-electron chi connectivity index (χ4n) is 4.09. The van der Waals surface area contributed by atoms with Crippen LogP contribution in [0.1, 0.15) is 29.5 Å². The Morgan fingerprint density at radius 1 is 1.18 bits per heavy atom. The number of hydrogen-bond donors (Lipinski definition) is 0. The van der Waals surface area contributed by atoms with Gasteiger partial charge in [0.25, 0.3) is 0 Å². The van der Waals surface area contributed by atoms with E-state index >= 15 is 0 Å². The van der Waals surface area contributed by atoms with E-state index in [4.69, 9.17) is 4.74 Å². The standard InChI is InChI=1S/C26H33N5O2S/c1-19-7-8-20(2)24(14-19)31-18-27-28-26(31)34-17-25(32)30(16-23-6-5-13-33-23)15-21-9-11-22(12-10-21)29(3)4/h7-12,14,18,23H,5-6,13,15-17H2,1-4H3/t23-/m0/s1. The molecule has 1 fully saturated rings. The van der Waals surface area contributed by atoms with Crippen LogP contribution in [0.4, 0.5) is 5.69 Å². The number of benzene rings is 2. The lowest BCUT2D eigenvalue weighted by Gasteiger charge is -2.26. The molecule has 0 spiro atoms. The molecule has 34 heavy (non-hydrogen) atoms. The second-order valence-electron chi connectivity index (χ2n) is 9.03. The van der Waals surface area contributed by atoms with Crippen LogP contribution in [-0.4, -0.2) is 64.7 Å². The molecule has 0 radical (unpaired) electrons. The number of anilines is 1. The Kier molecular flexibility index (Phi) is 7.90. The van der Waals surface area contributed by atoms with E-state index in [0.717, 1.165) is 47.1 Å². The highest BCUT2D eigenvalue weighted by Crippen LogP contribution is 2.24. The third-order valence-electron chi connectivity index (χ3n) is 6.09. The number of hydrogen-bond acceptors (Lipinski definition) is 6. The van der Waals surface area contributed by atoms with Gasteiger partial charge in [-0.2, -0.15) is 0 Å². The van der Waals surface area contributed by atoms with E-state index in [0.29, 0.717) is 18.8 Å². The topological polar surface area (TPSA) is 63.5 Å². The molecule has 1 aliphatic heterocycles. The average Bonchev–Trinajstić information content (AvgIpc) is 3.51. The Bertz CT molecular complexity index is 1110. The molecule has 0 unspecified atom stereocenters. The molecular formula is C26H33N5O2S. The van der Waals surface area contributed by atoms with E-state index < -0.39 is 0 Å². The molecule has 3 aromatic rings. The van der Waals surface area contributed by atoms with Gasteiger partial charge in [-0.15, -0.1) is 10.2 Å². The number of rotatable bonds is 9. The second-order valence-corrected chi connectivity index (χ2v) is 9.97. The molecule has 0 saturated carbocycles. The third-order valence-corrected chi connectivity index (χ3v) is 7.02. The van der Waals surface area contributed by atoms with Gasteiger partial charge in [-0.1, -0.05) is 36.0 Å². The van der Waals surface area contributed by atoms with Crippen LogP contribution >= 0.6 is 11.8 Å². The molecule has 1 amide bonds. The summed E-state index contributed by atoms with van der Waals surface area (Å²) in [5.41, 5.74) is 5.60. The molecule has 180 valence electrons. The monoisotopic (exact) mass is 479 g/mol. The molecule has 7 nitrogen and oxygen atoms in total. The molecule has 0 aliphatic carbocycles. The van der Waals surface area contributed by atoms with Crippen molar-refractivity contribution >= 4 is 23.4 Å². The minimum atomic E-state index is 0.0766. The van der Waals surface area contributed by atoms with Crippen LogP contribution < -0.4 is 4.90 Å². The van der Waals surface area contributed by atoms with Gasteiger partial charge in [-0.3, -0.25) is 9.36 Å². The highest BCUT2D eigenvalue weighted by atomic mass is 32.2. The summed E-state index contributed by atoms with van der Waals surface area (Å²) in [6.45, 7) is 6.09. The summed E-state index contributed by atoms with van der Waals surface area (Å²) in [5, 5.41) is 9.11. The zero-order valence-corrected chi connectivity index (χ0v) is 21.2. The molecule has 2 aromatic carbocycles. The molecule has 8 heteroatoms. The number of aromatic nitrogens is 3. The number of amides is 1. The number of nitrogens with zero attached hydrogens (tertiary/aromatic N) is 5. The minimum Gasteiger partial charge on any atom is -0.378 e. The van der Waals surface area contributed by atoms with E-state index in [1.165, 1.54) is 17.3 Å². The maximum atomic E-state index is 13.4. The highest BCUT2D eigenvalue weighted by Gasteiger charge is 2.23. The van der Waals surface area contributed by atoms with Gasteiger partial charge in [0.1, 0.15) is 6.33 Å². The number of aryl methyl sites for hydroxylation is 2. The van der Waals surface area contributed by atoms with Crippen LogP contribution in [0.25, 0.3) is 5.69 Å². The summed E-state index contributed by atoms with van der Waals surface area (Å²) in [7, 11) is 4.05. The summed E-state index contributed by atoms with van der Waals surface area (Å²) in [6, 6.07) is 14.7. The zero-order chi connectivity index (χ0) is 24.1. The Morgan fingerprint density at radius 2 is 1.97 bits per heavy atom. The lowest BCUT2D eigenvalue weighted by Crippen LogP contribution is -2.38. The summed E-state index contributed by atoms with van der Waals surface area (Å²) in [6.07, 6.45) is 3.87. The highest BCUT2D eigenvalue weighted by molar-refractivity contribution is 7.99. The Morgan fingerprint density at radius 3 is 2.68 bits per heavy atom. The first-order valence-electron chi connectivity index (χ1n) is 11.7. The van der Waals surface area contributed by atoms with E-state index in [2.05, 4.69) is 71.4 Å². The fourth-order valence-corrected chi connectivity index (χ4v) is 4.92. The first-order valence-corrected chi connectivity index (χ1v) is 12.7. The van der Waals surface area contributed by atoms with Crippen LogP contribution in [0.2, 0.25) is 0 Å². The van der Waals surface area contributed by atoms with Gasteiger partial charge in [-0.05, 0) is 61.6 Å². The van der Waals surface area contributed by atoms with Crippen molar-refractivity contribution in [2.45, 2.75) is 44.5 Å². The third kappa shape index (κ3) is 5.98. The number of carbonyl (C=O) groups is 1. The van der Waals surface area contributed by atoms with E-state index in [1.54, 1.807) is 6.33 Å².